The number of aryl methyl sites for hydroxylation is 1. The van der Waals surface area contributed by atoms with E-state index in [1.54, 1.807) is 12.1 Å². The second-order valence-corrected chi connectivity index (χ2v) is 6.08. The van der Waals surface area contributed by atoms with Crippen molar-refractivity contribution in [2.75, 3.05) is 11.9 Å². The number of amides is 1. The average Bonchev–Trinajstić information content (AvgIpc) is 2.26. The van der Waals surface area contributed by atoms with Gasteiger partial charge in [0, 0.05) is 17.4 Å². The molecule has 0 bridgehead atoms. The number of rotatable bonds is 5. The molecular formula is C14H20BrNO2. The molecule has 0 spiro atoms. The lowest BCUT2D eigenvalue weighted by molar-refractivity contribution is 0.0935. The van der Waals surface area contributed by atoms with E-state index in [2.05, 4.69) is 35.1 Å². The first-order valence-electron chi connectivity index (χ1n) is 5.99. The van der Waals surface area contributed by atoms with Crippen LogP contribution in [0, 0.1) is 12.3 Å². The van der Waals surface area contributed by atoms with Crippen LogP contribution in [-0.4, -0.2) is 22.9 Å². The maximum absolute atomic E-state index is 12.0. The smallest absolute Gasteiger partial charge is 0.251 e. The van der Waals surface area contributed by atoms with Crippen LogP contribution in [-0.2, 0) is 0 Å². The molecular weight excluding hydrogens is 294 g/mol. The topological polar surface area (TPSA) is 49.3 Å². The third kappa shape index (κ3) is 4.33. The van der Waals surface area contributed by atoms with Crippen molar-refractivity contribution in [1.29, 1.82) is 0 Å². The Bertz CT molecular complexity index is 430. The molecule has 0 saturated heterocycles. The SMILES string of the molecule is Cc1cc(O)ccc1C(=O)NCC(C)(C)CCBr. The van der Waals surface area contributed by atoms with Gasteiger partial charge in [0.15, 0.2) is 0 Å². The predicted molar refractivity (Wildman–Crippen MR) is 77.4 cm³/mol. The minimum Gasteiger partial charge on any atom is -0.508 e. The first-order valence-corrected chi connectivity index (χ1v) is 7.12. The van der Waals surface area contributed by atoms with Crippen LogP contribution in [0.1, 0.15) is 36.2 Å². The molecule has 100 valence electrons. The van der Waals surface area contributed by atoms with Gasteiger partial charge in [-0.1, -0.05) is 29.8 Å². The van der Waals surface area contributed by atoms with E-state index < -0.39 is 0 Å². The Morgan fingerprint density at radius 2 is 2.11 bits per heavy atom. The largest absolute Gasteiger partial charge is 0.508 e. The van der Waals surface area contributed by atoms with Crippen LogP contribution in [0.4, 0.5) is 0 Å². The Hall–Kier alpha value is -1.03. The molecule has 1 aromatic rings. The van der Waals surface area contributed by atoms with Crippen LogP contribution in [0.3, 0.4) is 0 Å². The van der Waals surface area contributed by atoms with Gasteiger partial charge in [-0.2, -0.15) is 0 Å². The molecule has 0 aliphatic heterocycles. The van der Waals surface area contributed by atoms with Gasteiger partial charge in [0.1, 0.15) is 5.75 Å². The fraction of sp³-hybridized carbons (Fsp3) is 0.500. The molecule has 1 aromatic carbocycles. The summed E-state index contributed by atoms with van der Waals surface area (Å²) in [6.45, 7) is 6.70. The standard InChI is InChI=1S/C14H20BrNO2/c1-10-8-11(17)4-5-12(10)13(18)16-9-14(2,3)6-7-15/h4-5,8,17H,6-7,9H2,1-3H3,(H,16,18). The summed E-state index contributed by atoms with van der Waals surface area (Å²) in [5.41, 5.74) is 1.47. The van der Waals surface area contributed by atoms with E-state index in [0.717, 1.165) is 17.3 Å². The molecule has 0 fully saturated rings. The van der Waals surface area contributed by atoms with Gasteiger partial charge in [0.25, 0.3) is 5.91 Å². The highest BCUT2D eigenvalue weighted by molar-refractivity contribution is 9.09. The molecule has 1 rings (SSSR count). The summed E-state index contributed by atoms with van der Waals surface area (Å²) in [4.78, 5) is 12.0. The monoisotopic (exact) mass is 313 g/mol. The third-order valence-corrected chi connectivity index (χ3v) is 3.35. The van der Waals surface area contributed by atoms with Crippen molar-refractivity contribution in [3.8, 4) is 5.75 Å². The van der Waals surface area contributed by atoms with Crippen molar-refractivity contribution in [2.24, 2.45) is 5.41 Å². The average molecular weight is 314 g/mol. The summed E-state index contributed by atoms with van der Waals surface area (Å²) in [7, 11) is 0. The molecule has 0 unspecified atom stereocenters. The second-order valence-electron chi connectivity index (χ2n) is 5.29. The van der Waals surface area contributed by atoms with E-state index in [4.69, 9.17) is 0 Å². The third-order valence-electron chi connectivity index (χ3n) is 2.95. The first kappa shape index (κ1) is 15.0. The Morgan fingerprint density at radius 3 is 2.67 bits per heavy atom. The Kier molecular flexibility index (Phi) is 5.20. The number of hydrogen-bond donors (Lipinski definition) is 2. The minimum atomic E-state index is -0.0878. The highest BCUT2D eigenvalue weighted by atomic mass is 79.9. The van der Waals surface area contributed by atoms with Gasteiger partial charge in [0.2, 0.25) is 0 Å². The number of phenols is 1. The highest BCUT2D eigenvalue weighted by Gasteiger charge is 2.19. The second kappa shape index (κ2) is 6.23. The van der Waals surface area contributed by atoms with Crippen molar-refractivity contribution in [3.05, 3.63) is 29.3 Å². The lowest BCUT2D eigenvalue weighted by Crippen LogP contribution is -2.34. The van der Waals surface area contributed by atoms with Gasteiger partial charge in [0.05, 0.1) is 0 Å². The Labute approximate surface area is 117 Å². The zero-order chi connectivity index (χ0) is 13.8. The molecule has 0 saturated carbocycles. The number of hydrogen-bond acceptors (Lipinski definition) is 2. The molecule has 0 atom stereocenters. The number of alkyl halides is 1. The van der Waals surface area contributed by atoms with Gasteiger partial charge in [-0.15, -0.1) is 0 Å². The number of halogens is 1. The molecule has 4 heteroatoms. The predicted octanol–water partition coefficient (Wildman–Crippen LogP) is 3.24. The van der Waals surface area contributed by atoms with E-state index in [1.807, 2.05) is 6.92 Å². The van der Waals surface area contributed by atoms with E-state index in [1.165, 1.54) is 6.07 Å². The number of carbonyl (C=O) groups excluding carboxylic acids is 1. The Balaban J connectivity index is 2.66. The summed E-state index contributed by atoms with van der Waals surface area (Å²) >= 11 is 3.42. The number of benzene rings is 1. The first-order chi connectivity index (χ1) is 8.35. The number of phenolic OH excluding ortho intramolecular Hbond substituents is 1. The molecule has 18 heavy (non-hydrogen) atoms. The number of nitrogens with one attached hydrogen (secondary N) is 1. The molecule has 2 N–H and O–H groups in total. The van der Waals surface area contributed by atoms with Crippen LogP contribution in [0.2, 0.25) is 0 Å². The van der Waals surface area contributed by atoms with Gasteiger partial charge in [-0.3, -0.25) is 4.79 Å². The molecule has 1 amide bonds. The molecule has 0 aliphatic rings. The summed E-state index contributed by atoms with van der Waals surface area (Å²) in [5, 5.41) is 13.2. The maximum Gasteiger partial charge on any atom is 0.251 e. The van der Waals surface area contributed by atoms with E-state index in [-0.39, 0.29) is 17.1 Å². The number of carbonyl (C=O) groups is 1. The van der Waals surface area contributed by atoms with Crippen molar-refractivity contribution >= 4 is 21.8 Å². The van der Waals surface area contributed by atoms with Crippen molar-refractivity contribution in [1.82, 2.24) is 5.32 Å². The lowest BCUT2D eigenvalue weighted by atomic mass is 9.90. The normalized spacial score (nSPS) is 11.3. The number of aromatic hydroxyl groups is 1. The van der Waals surface area contributed by atoms with Gasteiger partial charge in [-0.05, 0) is 42.5 Å². The van der Waals surface area contributed by atoms with E-state index in [0.29, 0.717) is 12.1 Å². The fourth-order valence-electron chi connectivity index (χ4n) is 1.66. The molecule has 0 heterocycles. The maximum atomic E-state index is 12.0. The quantitative estimate of drug-likeness (QED) is 0.820. The fourth-order valence-corrected chi connectivity index (χ4v) is 2.73. The van der Waals surface area contributed by atoms with Gasteiger partial charge in [-0.25, -0.2) is 0 Å². The van der Waals surface area contributed by atoms with Gasteiger partial charge < -0.3 is 10.4 Å². The molecule has 3 nitrogen and oxygen atoms in total. The summed E-state index contributed by atoms with van der Waals surface area (Å²) < 4.78 is 0. The highest BCUT2D eigenvalue weighted by Crippen LogP contribution is 2.21. The van der Waals surface area contributed by atoms with Crippen molar-refractivity contribution in [2.45, 2.75) is 27.2 Å². The molecule has 0 aromatic heterocycles. The van der Waals surface area contributed by atoms with Crippen LogP contribution in [0.15, 0.2) is 18.2 Å². The summed E-state index contributed by atoms with van der Waals surface area (Å²) in [6, 6.07) is 4.78. The van der Waals surface area contributed by atoms with Crippen LogP contribution < -0.4 is 5.32 Å². The van der Waals surface area contributed by atoms with E-state index in [9.17, 15) is 9.90 Å². The van der Waals surface area contributed by atoms with Crippen molar-refractivity contribution < 1.29 is 9.90 Å². The zero-order valence-electron chi connectivity index (χ0n) is 11.1. The zero-order valence-corrected chi connectivity index (χ0v) is 12.7. The summed E-state index contributed by atoms with van der Waals surface area (Å²) in [5.74, 6) is 0.0961. The summed E-state index contributed by atoms with van der Waals surface area (Å²) in [6.07, 6.45) is 1.00. The van der Waals surface area contributed by atoms with Crippen LogP contribution in [0.5, 0.6) is 5.75 Å². The van der Waals surface area contributed by atoms with Gasteiger partial charge >= 0.3 is 0 Å². The lowest BCUT2D eigenvalue weighted by Gasteiger charge is -2.24. The Morgan fingerprint density at radius 1 is 1.44 bits per heavy atom. The van der Waals surface area contributed by atoms with E-state index >= 15 is 0 Å². The van der Waals surface area contributed by atoms with Crippen molar-refractivity contribution in [3.63, 3.8) is 0 Å². The molecule has 0 radical (unpaired) electrons. The molecule has 0 aliphatic carbocycles. The minimum absolute atomic E-state index is 0.0734. The van der Waals surface area contributed by atoms with Crippen LogP contribution in [0.25, 0.3) is 0 Å². The van der Waals surface area contributed by atoms with Crippen LogP contribution >= 0.6 is 15.9 Å².